The molecule has 0 saturated carbocycles. The first kappa shape index (κ1) is 27.3. The Hall–Kier alpha value is -3.27. The van der Waals surface area contributed by atoms with Crippen molar-refractivity contribution in [1.29, 1.82) is 0 Å². The van der Waals surface area contributed by atoms with Crippen LogP contribution in [0.5, 0.6) is 6.01 Å². The van der Waals surface area contributed by atoms with Crippen LogP contribution in [0.25, 0.3) is 0 Å². The number of anilines is 2. The molecule has 1 aromatic heterocycles. The molecule has 1 heterocycles. The molecule has 0 fully saturated rings. The number of hydrogen-bond donors (Lipinski definition) is 3. The largest absolute Gasteiger partial charge is 0.461 e. The summed E-state index contributed by atoms with van der Waals surface area (Å²) in [5.41, 5.74) is 9.23. The van der Waals surface area contributed by atoms with Gasteiger partial charge in [-0.15, -0.1) is 0 Å². The number of nitrogens with two attached hydrogens (primary N) is 1. The normalized spacial score (nSPS) is 11.0. The van der Waals surface area contributed by atoms with Crippen molar-refractivity contribution in [3.05, 3.63) is 71.3 Å². The molecule has 3 rings (SSSR count). The molecule has 0 saturated heterocycles. The van der Waals surface area contributed by atoms with E-state index in [1.165, 1.54) is 16.7 Å². The molecule has 3 aromatic rings. The highest BCUT2D eigenvalue weighted by Crippen LogP contribution is 2.16. The van der Waals surface area contributed by atoms with E-state index < -0.39 is 0 Å². The first-order valence-corrected chi connectivity index (χ1v) is 12.5. The molecule has 36 heavy (non-hydrogen) atoms. The van der Waals surface area contributed by atoms with Crippen LogP contribution in [-0.2, 0) is 28.9 Å². The Kier molecular flexibility index (Phi) is 11.9. The van der Waals surface area contributed by atoms with Gasteiger partial charge >= 0.3 is 6.01 Å². The Bertz CT molecular complexity index is 1020. The molecule has 0 aliphatic rings. The van der Waals surface area contributed by atoms with E-state index in [-0.39, 0.29) is 12.1 Å². The molecule has 0 aliphatic carbocycles. The summed E-state index contributed by atoms with van der Waals surface area (Å²) in [6.45, 7) is 7.60. The van der Waals surface area contributed by atoms with E-state index in [2.05, 4.69) is 74.1 Å². The van der Waals surface area contributed by atoms with Crippen LogP contribution in [0.15, 0.2) is 54.6 Å². The second-order valence-corrected chi connectivity index (χ2v) is 8.48. The summed E-state index contributed by atoms with van der Waals surface area (Å²) in [6, 6.07) is 19.2. The van der Waals surface area contributed by atoms with E-state index in [1.807, 2.05) is 19.9 Å². The molecule has 0 amide bonds. The highest BCUT2D eigenvalue weighted by atomic mass is 16.5. The van der Waals surface area contributed by atoms with Gasteiger partial charge in [0, 0.05) is 19.6 Å². The smallest absolute Gasteiger partial charge is 0.323 e. The van der Waals surface area contributed by atoms with Crippen molar-refractivity contribution in [3.8, 4) is 6.01 Å². The van der Waals surface area contributed by atoms with Crippen molar-refractivity contribution in [3.63, 3.8) is 0 Å². The molecular weight excluding hydrogens is 456 g/mol. The van der Waals surface area contributed by atoms with Gasteiger partial charge in [-0.2, -0.15) is 15.0 Å². The topological polar surface area (TPSA) is 116 Å². The van der Waals surface area contributed by atoms with Crippen LogP contribution in [0.1, 0.15) is 30.5 Å². The lowest BCUT2D eigenvalue weighted by atomic mass is 10.00. The molecule has 9 nitrogen and oxygen atoms in total. The van der Waals surface area contributed by atoms with Gasteiger partial charge in [0.15, 0.2) is 0 Å². The maximum absolute atomic E-state index is 5.74. The minimum Gasteiger partial charge on any atom is -0.461 e. The second-order valence-electron chi connectivity index (χ2n) is 8.48. The highest BCUT2D eigenvalue weighted by molar-refractivity contribution is 5.38. The van der Waals surface area contributed by atoms with E-state index in [0.717, 1.165) is 12.8 Å². The number of nitrogens with one attached hydrogen (secondary N) is 2. The molecular formula is C27H38N6O3. The fraction of sp³-hybridized carbons (Fsp3) is 0.444. The highest BCUT2D eigenvalue weighted by Gasteiger charge is 2.10. The number of aromatic nitrogens is 3. The van der Waals surface area contributed by atoms with Crippen LogP contribution in [0.3, 0.4) is 0 Å². The second kappa shape index (κ2) is 15.7. The molecule has 9 heteroatoms. The molecule has 2 aromatic carbocycles. The molecule has 0 bridgehead atoms. The van der Waals surface area contributed by atoms with Crippen LogP contribution in [0.2, 0.25) is 0 Å². The molecule has 0 aliphatic heterocycles. The summed E-state index contributed by atoms with van der Waals surface area (Å²) in [4.78, 5) is 13.3. The van der Waals surface area contributed by atoms with E-state index in [0.29, 0.717) is 58.0 Å². The number of hydrogen-bond acceptors (Lipinski definition) is 9. The zero-order valence-electron chi connectivity index (χ0n) is 21.3. The predicted molar refractivity (Wildman–Crippen MR) is 142 cm³/mol. The van der Waals surface area contributed by atoms with Gasteiger partial charge in [-0.1, -0.05) is 54.6 Å². The summed E-state index contributed by atoms with van der Waals surface area (Å²) in [5.74, 6) is 0.889. The van der Waals surface area contributed by atoms with Crippen molar-refractivity contribution in [2.75, 3.05) is 50.2 Å². The van der Waals surface area contributed by atoms with Crippen molar-refractivity contribution < 1.29 is 14.2 Å². The van der Waals surface area contributed by atoms with Crippen LogP contribution >= 0.6 is 0 Å². The predicted octanol–water partition coefficient (Wildman–Crippen LogP) is 3.46. The van der Waals surface area contributed by atoms with Gasteiger partial charge < -0.3 is 30.6 Å². The molecule has 0 atom stereocenters. The molecule has 0 radical (unpaired) electrons. The maximum Gasteiger partial charge on any atom is 0.323 e. The summed E-state index contributed by atoms with van der Waals surface area (Å²) in [6.07, 6.45) is 1.90. The number of rotatable bonds is 17. The van der Waals surface area contributed by atoms with Gasteiger partial charge in [0.05, 0.1) is 32.5 Å². The zero-order valence-corrected chi connectivity index (χ0v) is 21.3. The van der Waals surface area contributed by atoms with Gasteiger partial charge in [-0.3, -0.25) is 0 Å². The third-order valence-corrected chi connectivity index (χ3v) is 5.20. The number of benzene rings is 2. The summed E-state index contributed by atoms with van der Waals surface area (Å²) < 4.78 is 16.6. The molecule has 4 N–H and O–H groups in total. The summed E-state index contributed by atoms with van der Waals surface area (Å²) in [5, 5.41) is 6.52. The average Bonchev–Trinajstić information content (AvgIpc) is 2.88. The molecule has 0 spiro atoms. The minimum atomic E-state index is -0.0522. The zero-order chi connectivity index (χ0) is 25.4. The fourth-order valence-corrected chi connectivity index (χ4v) is 3.49. The van der Waals surface area contributed by atoms with Crippen LogP contribution < -0.4 is 21.1 Å². The Morgan fingerprint density at radius 3 is 2.14 bits per heavy atom. The lowest BCUT2D eigenvalue weighted by Crippen LogP contribution is -2.17. The van der Waals surface area contributed by atoms with Crippen molar-refractivity contribution in [2.45, 2.75) is 39.3 Å². The van der Waals surface area contributed by atoms with Gasteiger partial charge in [0.2, 0.25) is 11.9 Å². The Labute approximate surface area is 213 Å². The third-order valence-electron chi connectivity index (χ3n) is 5.20. The SMILES string of the molecule is CC(C)Oc1nc(NCCOCCOCCN)nc(NCc2ccccc2CCc2ccccc2)n1. The van der Waals surface area contributed by atoms with Crippen molar-refractivity contribution >= 4 is 11.9 Å². The standard InChI is InChI=1S/C27H38N6O3/c1-21(2)36-27-32-25(29-15-17-35-19-18-34-16-14-28)31-26(33-27)30-20-24-11-7-6-10-23(24)13-12-22-8-4-3-5-9-22/h3-11,21H,12-20,28H2,1-2H3,(H2,29,30,31,32,33). The maximum atomic E-state index is 5.74. The Morgan fingerprint density at radius 2 is 1.42 bits per heavy atom. The van der Waals surface area contributed by atoms with Crippen LogP contribution in [0, 0.1) is 0 Å². The third kappa shape index (κ3) is 10.2. The summed E-state index contributed by atoms with van der Waals surface area (Å²) in [7, 11) is 0. The quantitative estimate of drug-likeness (QED) is 0.243. The number of nitrogens with zero attached hydrogens (tertiary/aromatic N) is 3. The van der Waals surface area contributed by atoms with E-state index in [4.69, 9.17) is 19.9 Å². The molecule has 0 unspecified atom stereocenters. The van der Waals surface area contributed by atoms with Gasteiger partial charge in [-0.05, 0) is 43.4 Å². The fourth-order valence-electron chi connectivity index (χ4n) is 3.49. The monoisotopic (exact) mass is 494 g/mol. The number of aryl methyl sites for hydroxylation is 2. The van der Waals surface area contributed by atoms with E-state index >= 15 is 0 Å². The van der Waals surface area contributed by atoms with E-state index in [1.54, 1.807) is 0 Å². The molecule has 194 valence electrons. The lowest BCUT2D eigenvalue weighted by molar-refractivity contribution is 0.0547. The van der Waals surface area contributed by atoms with Gasteiger partial charge in [0.1, 0.15) is 0 Å². The van der Waals surface area contributed by atoms with Crippen LogP contribution in [0.4, 0.5) is 11.9 Å². The minimum absolute atomic E-state index is 0.0522. The Morgan fingerprint density at radius 1 is 0.750 bits per heavy atom. The van der Waals surface area contributed by atoms with Crippen molar-refractivity contribution in [1.82, 2.24) is 15.0 Å². The Balaban J connectivity index is 1.57. The summed E-state index contributed by atoms with van der Waals surface area (Å²) >= 11 is 0. The average molecular weight is 495 g/mol. The lowest BCUT2D eigenvalue weighted by Gasteiger charge is -2.14. The van der Waals surface area contributed by atoms with Gasteiger partial charge in [-0.25, -0.2) is 0 Å². The van der Waals surface area contributed by atoms with E-state index in [9.17, 15) is 0 Å². The first-order valence-electron chi connectivity index (χ1n) is 12.5. The first-order chi connectivity index (χ1) is 17.6. The van der Waals surface area contributed by atoms with Crippen LogP contribution in [-0.4, -0.2) is 60.6 Å². The van der Waals surface area contributed by atoms with Gasteiger partial charge in [0.25, 0.3) is 0 Å². The number of ether oxygens (including phenoxy) is 3. The van der Waals surface area contributed by atoms with Crippen molar-refractivity contribution in [2.24, 2.45) is 5.73 Å².